The second-order valence-electron chi connectivity index (χ2n) is 7.28. The van der Waals surface area contributed by atoms with Crippen LogP contribution in [0.4, 0.5) is 11.4 Å². The molecule has 158 valence electrons. The van der Waals surface area contributed by atoms with Gasteiger partial charge in [-0.25, -0.2) is 16.8 Å². The Morgan fingerprint density at radius 3 is 2.53 bits per heavy atom. The molecule has 0 radical (unpaired) electrons. The first-order valence-corrected chi connectivity index (χ1v) is 12.8. The largest absolute Gasteiger partial charge is 0.326 e. The first-order valence-electron chi connectivity index (χ1n) is 9.41. The zero-order valence-electron chi connectivity index (χ0n) is 16.3. The number of carbonyl (C=O) groups excluding carboxylic acids is 1. The normalized spacial score (nSPS) is 17.6. The lowest BCUT2D eigenvalue weighted by molar-refractivity contribution is 0.102. The van der Waals surface area contributed by atoms with Crippen molar-refractivity contribution in [1.29, 1.82) is 0 Å². The van der Waals surface area contributed by atoms with Crippen LogP contribution in [0.5, 0.6) is 0 Å². The maximum Gasteiger partial charge on any atom is 0.265 e. The highest BCUT2D eigenvalue weighted by atomic mass is 32.2. The van der Waals surface area contributed by atoms with Gasteiger partial charge >= 0.3 is 0 Å². The van der Waals surface area contributed by atoms with Crippen molar-refractivity contribution in [2.75, 3.05) is 23.0 Å². The predicted octanol–water partition coefficient (Wildman–Crippen LogP) is 2.47. The molecule has 30 heavy (non-hydrogen) atoms. The molecular formula is C20H21N3O5S2. The molecule has 2 aliphatic heterocycles. The van der Waals surface area contributed by atoms with Crippen molar-refractivity contribution in [3.05, 3.63) is 59.9 Å². The number of benzene rings is 2. The number of sulfonamides is 1. The zero-order chi connectivity index (χ0) is 21.5. The highest BCUT2D eigenvalue weighted by Gasteiger charge is 2.32. The Morgan fingerprint density at radius 2 is 1.83 bits per heavy atom. The van der Waals surface area contributed by atoms with E-state index in [4.69, 9.17) is 0 Å². The summed E-state index contributed by atoms with van der Waals surface area (Å²) < 4.78 is 51.2. The third kappa shape index (κ3) is 3.92. The molecule has 10 heteroatoms. The van der Waals surface area contributed by atoms with E-state index in [9.17, 15) is 21.6 Å². The summed E-state index contributed by atoms with van der Waals surface area (Å²) in [6.45, 7) is 0.694. The predicted molar refractivity (Wildman–Crippen MR) is 114 cm³/mol. The Bertz CT molecular complexity index is 1250. The average molecular weight is 448 g/mol. The highest BCUT2D eigenvalue weighted by Crippen LogP contribution is 2.35. The highest BCUT2D eigenvalue weighted by molar-refractivity contribution is 7.90. The molecule has 8 nitrogen and oxygen atoms in total. The molecule has 2 aromatic rings. The second kappa shape index (κ2) is 7.44. The van der Waals surface area contributed by atoms with Gasteiger partial charge in [0.2, 0.25) is 0 Å². The standard InChI is InChI=1S/C20H21N3O5S2/c1-29(25,26)16-9-7-15(8-10-16)21-20(24)14-6-11-17-18(13-14)30(27,28)22-19-5-3-2-4-12-23(17)19/h5-11,13,22H,2-4,12H2,1H3,(H,21,24). The van der Waals surface area contributed by atoms with E-state index in [1.165, 1.54) is 30.3 Å². The van der Waals surface area contributed by atoms with Gasteiger partial charge in [0.05, 0.1) is 10.6 Å². The minimum absolute atomic E-state index is 0.0571. The van der Waals surface area contributed by atoms with Crippen LogP contribution in [0.3, 0.4) is 0 Å². The van der Waals surface area contributed by atoms with Crippen LogP contribution in [-0.2, 0) is 19.9 Å². The van der Waals surface area contributed by atoms with Crippen molar-refractivity contribution in [3.8, 4) is 0 Å². The number of allylic oxidation sites excluding steroid dienone is 1. The number of hydrogen-bond acceptors (Lipinski definition) is 6. The molecule has 0 saturated heterocycles. The summed E-state index contributed by atoms with van der Waals surface area (Å²) >= 11 is 0. The summed E-state index contributed by atoms with van der Waals surface area (Å²) in [6.07, 6.45) is 5.71. The molecule has 2 N–H and O–H groups in total. The number of sulfone groups is 1. The molecule has 2 aromatic carbocycles. The summed E-state index contributed by atoms with van der Waals surface area (Å²) in [5, 5.41) is 2.66. The summed E-state index contributed by atoms with van der Waals surface area (Å²) in [5.41, 5.74) is 1.15. The quantitative estimate of drug-likeness (QED) is 0.747. The van der Waals surface area contributed by atoms with Gasteiger partial charge in [-0.05, 0) is 67.8 Å². The molecule has 2 heterocycles. The van der Waals surface area contributed by atoms with Crippen LogP contribution in [0.2, 0.25) is 0 Å². The van der Waals surface area contributed by atoms with Gasteiger partial charge in [0.15, 0.2) is 9.84 Å². The average Bonchev–Trinajstić information content (AvgIpc) is 2.92. The van der Waals surface area contributed by atoms with E-state index in [2.05, 4.69) is 10.0 Å². The van der Waals surface area contributed by atoms with E-state index in [0.29, 0.717) is 23.7 Å². The third-order valence-corrected chi connectivity index (χ3v) is 7.56. The molecular weight excluding hydrogens is 426 g/mol. The number of fused-ring (bicyclic) bond motifs is 3. The van der Waals surface area contributed by atoms with E-state index in [1.54, 1.807) is 12.1 Å². The van der Waals surface area contributed by atoms with E-state index in [1.807, 2.05) is 11.0 Å². The van der Waals surface area contributed by atoms with E-state index in [-0.39, 0.29) is 15.4 Å². The maximum absolute atomic E-state index is 12.7. The van der Waals surface area contributed by atoms with Crippen LogP contribution in [0.15, 0.2) is 64.2 Å². The lowest BCUT2D eigenvalue weighted by atomic mass is 10.1. The van der Waals surface area contributed by atoms with Crippen molar-refractivity contribution >= 4 is 37.1 Å². The number of nitrogens with one attached hydrogen (secondary N) is 2. The zero-order valence-corrected chi connectivity index (χ0v) is 17.9. The van der Waals surface area contributed by atoms with Crippen molar-refractivity contribution in [3.63, 3.8) is 0 Å². The molecule has 0 bridgehead atoms. The number of carbonyl (C=O) groups is 1. The number of nitrogens with zero attached hydrogens (tertiary/aromatic N) is 1. The number of anilines is 2. The van der Waals surface area contributed by atoms with Gasteiger partial charge in [0.1, 0.15) is 10.7 Å². The number of hydrogen-bond donors (Lipinski definition) is 2. The van der Waals surface area contributed by atoms with Crippen molar-refractivity contribution in [1.82, 2.24) is 4.72 Å². The third-order valence-electron chi connectivity index (χ3n) is 5.05. The summed E-state index contributed by atoms with van der Waals surface area (Å²) in [4.78, 5) is 14.8. The maximum atomic E-state index is 12.7. The minimum Gasteiger partial charge on any atom is -0.326 e. The van der Waals surface area contributed by atoms with Crippen LogP contribution >= 0.6 is 0 Å². The Kier molecular flexibility index (Phi) is 5.07. The van der Waals surface area contributed by atoms with Gasteiger partial charge in [-0.1, -0.05) is 0 Å². The molecule has 2 aliphatic rings. The molecule has 0 atom stereocenters. The molecule has 0 fully saturated rings. The Labute approximate surface area is 175 Å². The molecule has 0 aliphatic carbocycles. The Morgan fingerprint density at radius 1 is 1.10 bits per heavy atom. The fourth-order valence-electron chi connectivity index (χ4n) is 3.51. The molecule has 0 saturated carbocycles. The number of amides is 1. The smallest absolute Gasteiger partial charge is 0.265 e. The van der Waals surface area contributed by atoms with Gasteiger partial charge in [-0.15, -0.1) is 0 Å². The molecule has 4 rings (SSSR count). The Balaban J connectivity index is 1.63. The molecule has 0 spiro atoms. The molecule has 1 amide bonds. The fourth-order valence-corrected chi connectivity index (χ4v) is 5.45. The van der Waals surface area contributed by atoms with Crippen LogP contribution < -0.4 is 14.9 Å². The number of rotatable bonds is 3. The Hall–Kier alpha value is -2.85. The topological polar surface area (TPSA) is 113 Å². The van der Waals surface area contributed by atoms with Gasteiger partial charge in [0, 0.05) is 24.1 Å². The van der Waals surface area contributed by atoms with Gasteiger partial charge in [0.25, 0.3) is 15.9 Å². The van der Waals surface area contributed by atoms with Gasteiger partial charge < -0.3 is 10.2 Å². The van der Waals surface area contributed by atoms with Gasteiger partial charge in [-0.2, -0.15) is 0 Å². The first kappa shape index (κ1) is 20.4. The van der Waals surface area contributed by atoms with E-state index >= 15 is 0 Å². The lowest BCUT2D eigenvalue weighted by Crippen LogP contribution is -2.41. The van der Waals surface area contributed by atoms with Crippen molar-refractivity contribution < 1.29 is 21.6 Å². The SMILES string of the molecule is CS(=O)(=O)c1ccc(NC(=O)c2ccc3c(c2)S(=O)(=O)NC2=CCCCCN23)cc1. The summed E-state index contributed by atoms with van der Waals surface area (Å²) in [5.74, 6) is 0.0699. The second-order valence-corrected chi connectivity index (χ2v) is 10.9. The molecule has 0 unspecified atom stereocenters. The summed E-state index contributed by atoms with van der Waals surface area (Å²) in [6, 6.07) is 10.4. The van der Waals surface area contributed by atoms with Crippen molar-refractivity contribution in [2.45, 2.75) is 29.1 Å². The lowest BCUT2D eigenvalue weighted by Gasteiger charge is -2.33. The van der Waals surface area contributed by atoms with Gasteiger partial charge in [-0.3, -0.25) is 9.52 Å². The van der Waals surface area contributed by atoms with Crippen molar-refractivity contribution in [2.24, 2.45) is 0 Å². The van der Waals surface area contributed by atoms with E-state index in [0.717, 1.165) is 25.5 Å². The van der Waals surface area contributed by atoms with Crippen LogP contribution in [-0.4, -0.2) is 35.5 Å². The molecule has 0 aromatic heterocycles. The summed E-state index contributed by atoms with van der Waals surface area (Å²) in [7, 11) is -7.12. The first-order chi connectivity index (χ1) is 14.1. The monoisotopic (exact) mass is 447 g/mol. The van der Waals surface area contributed by atoms with Crippen LogP contribution in [0.25, 0.3) is 0 Å². The van der Waals surface area contributed by atoms with E-state index < -0.39 is 25.8 Å². The van der Waals surface area contributed by atoms with Crippen LogP contribution in [0, 0.1) is 0 Å². The van der Waals surface area contributed by atoms with Crippen LogP contribution in [0.1, 0.15) is 29.6 Å². The minimum atomic E-state index is -3.79. The fraction of sp³-hybridized carbons (Fsp3) is 0.250.